The number of methoxy groups -OCH3 is 1. The van der Waals surface area contributed by atoms with Gasteiger partial charge in [0.2, 0.25) is 0 Å². The average Bonchev–Trinajstić information content (AvgIpc) is 2.55. The predicted molar refractivity (Wildman–Crippen MR) is 94.2 cm³/mol. The molecule has 0 aliphatic carbocycles. The maximum absolute atomic E-state index is 10.3. The summed E-state index contributed by atoms with van der Waals surface area (Å²) in [6, 6.07) is 8.13. The molecule has 130 valence electrons. The van der Waals surface area contributed by atoms with Crippen LogP contribution in [0.15, 0.2) is 24.3 Å². The number of ether oxygens (including phenoxy) is 1. The maximum Gasteiger partial charge on any atom is 0.404 e. The summed E-state index contributed by atoms with van der Waals surface area (Å²) in [4.78, 5) is 15.1. The molecule has 1 saturated heterocycles. The highest BCUT2D eigenvalue weighted by Crippen LogP contribution is 2.28. The Morgan fingerprint density at radius 3 is 2.57 bits per heavy atom. The largest absolute Gasteiger partial charge is 0.495 e. The fourth-order valence-electron chi connectivity index (χ4n) is 2.76. The standard InChI is InChI=1S/C16H25N3O3.ClH/c1-22-15-7-3-2-6-14(15)19-12-10-18(11-13-19)9-5-4-8-17-16(20)21;/h2-3,6-7,17H,4-5,8-13H2,1H3,(H,20,21);1H. The van der Waals surface area contributed by atoms with Gasteiger partial charge in [-0.1, -0.05) is 12.1 Å². The number of para-hydroxylation sites is 2. The van der Waals surface area contributed by atoms with Crippen molar-refractivity contribution in [2.75, 3.05) is 51.3 Å². The number of amides is 1. The van der Waals surface area contributed by atoms with E-state index < -0.39 is 6.09 Å². The second kappa shape index (κ2) is 10.2. The Bertz CT molecular complexity index is 479. The highest BCUT2D eigenvalue weighted by Gasteiger charge is 2.18. The van der Waals surface area contributed by atoms with Crippen LogP contribution in [0.2, 0.25) is 0 Å². The van der Waals surface area contributed by atoms with E-state index in [1.54, 1.807) is 7.11 Å². The number of piperazine rings is 1. The third-order valence-corrected chi connectivity index (χ3v) is 3.98. The van der Waals surface area contributed by atoms with E-state index >= 15 is 0 Å². The molecular weight excluding hydrogens is 318 g/mol. The first-order valence-electron chi connectivity index (χ1n) is 7.78. The van der Waals surface area contributed by atoms with Crippen molar-refractivity contribution in [1.82, 2.24) is 10.2 Å². The Morgan fingerprint density at radius 1 is 1.22 bits per heavy atom. The van der Waals surface area contributed by atoms with Crippen molar-refractivity contribution >= 4 is 24.2 Å². The minimum atomic E-state index is -0.939. The molecule has 0 bridgehead atoms. The lowest BCUT2D eigenvalue weighted by Crippen LogP contribution is -2.46. The summed E-state index contributed by atoms with van der Waals surface area (Å²) in [6.07, 6.45) is 0.971. The van der Waals surface area contributed by atoms with Crippen molar-refractivity contribution in [2.24, 2.45) is 0 Å². The molecule has 0 saturated carbocycles. The summed E-state index contributed by atoms with van der Waals surface area (Å²) in [5.74, 6) is 0.927. The second-order valence-corrected chi connectivity index (χ2v) is 5.44. The number of halogens is 1. The van der Waals surface area contributed by atoms with E-state index in [9.17, 15) is 4.79 Å². The quantitative estimate of drug-likeness (QED) is 0.744. The molecule has 1 heterocycles. The molecule has 0 atom stereocenters. The first-order valence-corrected chi connectivity index (χ1v) is 7.78. The predicted octanol–water partition coefficient (Wildman–Crippen LogP) is 2.29. The van der Waals surface area contributed by atoms with Crippen LogP contribution >= 0.6 is 12.4 Å². The van der Waals surface area contributed by atoms with Crippen LogP contribution in [0.1, 0.15) is 12.8 Å². The SMILES string of the molecule is COc1ccccc1N1CCN(CCCCNC(=O)O)CC1.Cl. The van der Waals surface area contributed by atoms with Gasteiger partial charge < -0.3 is 20.1 Å². The third kappa shape index (κ3) is 6.15. The van der Waals surface area contributed by atoms with E-state index in [1.165, 1.54) is 0 Å². The molecule has 1 aliphatic heterocycles. The van der Waals surface area contributed by atoms with E-state index in [0.29, 0.717) is 6.54 Å². The van der Waals surface area contributed by atoms with Crippen LogP contribution in [0.25, 0.3) is 0 Å². The van der Waals surface area contributed by atoms with Crippen LogP contribution in [0.3, 0.4) is 0 Å². The van der Waals surface area contributed by atoms with Gasteiger partial charge in [-0.25, -0.2) is 4.79 Å². The molecule has 0 unspecified atom stereocenters. The molecule has 0 aromatic heterocycles. The number of carbonyl (C=O) groups is 1. The minimum absolute atomic E-state index is 0. The zero-order valence-electron chi connectivity index (χ0n) is 13.5. The second-order valence-electron chi connectivity index (χ2n) is 5.44. The Morgan fingerprint density at radius 2 is 1.91 bits per heavy atom. The molecule has 0 radical (unpaired) electrons. The molecule has 1 fully saturated rings. The number of rotatable bonds is 7. The van der Waals surface area contributed by atoms with Gasteiger partial charge in [-0.3, -0.25) is 4.90 Å². The zero-order chi connectivity index (χ0) is 15.8. The van der Waals surface area contributed by atoms with Crippen molar-refractivity contribution in [3.63, 3.8) is 0 Å². The molecule has 1 aliphatic rings. The molecule has 1 amide bonds. The molecule has 1 aromatic rings. The van der Waals surface area contributed by atoms with E-state index in [0.717, 1.165) is 57.0 Å². The summed E-state index contributed by atoms with van der Waals surface area (Å²) in [5, 5.41) is 10.9. The Labute approximate surface area is 143 Å². The lowest BCUT2D eigenvalue weighted by Gasteiger charge is -2.36. The normalized spacial score (nSPS) is 14.9. The summed E-state index contributed by atoms with van der Waals surface area (Å²) in [7, 11) is 1.71. The Hall–Kier alpha value is -1.66. The van der Waals surface area contributed by atoms with E-state index in [-0.39, 0.29) is 12.4 Å². The number of anilines is 1. The average molecular weight is 344 g/mol. The number of nitrogens with zero attached hydrogens (tertiary/aromatic N) is 2. The summed E-state index contributed by atoms with van der Waals surface area (Å²) >= 11 is 0. The lowest BCUT2D eigenvalue weighted by atomic mass is 10.2. The van der Waals surface area contributed by atoms with Gasteiger partial charge in [-0.2, -0.15) is 0 Å². The number of hydrogen-bond donors (Lipinski definition) is 2. The van der Waals surface area contributed by atoms with Gasteiger partial charge in [0.05, 0.1) is 12.8 Å². The molecular formula is C16H26ClN3O3. The smallest absolute Gasteiger partial charge is 0.404 e. The van der Waals surface area contributed by atoms with E-state index in [4.69, 9.17) is 9.84 Å². The first kappa shape index (κ1) is 19.4. The van der Waals surface area contributed by atoms with Gasteiger partial charge in [0, 0.05) is 32.7 Å². The topological polar surface area (TPSA) is 65.0 Å². The van der Waals surface area contributed by atoms with Gasteiger partial charge in [0.1, 0.15) is 5.75 Å². The number of unbranched alkanes of at least 4 members (excludes halogenated alkanes) is 1. The molecule has 2 N–H and O–H groups in total. The van der Waals surface area contributed by atoms with Crippen LogP contribution < -0.4 is 15.0 Å². The summed E-state index contributed by atoms with van der Waals surface area (Å²) in [6.45, 7) is 5.62. The maximum atomic E-state index is 10.3. The minimum Gasteiger partial charge on any atom is -0.495 e. The summed E-state index contributed by atoms with van der Waals surface area (Å²) in [5.41, 5.74) is 1.16. The molecule has 0 spiro atoms. The highest BCUT2D eigenvalue weighted by molar-refractivity contribution is 5.85. The van der Waals surface area contributed by atoms with E-state index in [2.05, 4.69) is 21.2 Å². The van der Waals surface area contributed by atoms with Crippen molar-refractivity contribution in [1.29, 1.82) is 0 Å². The van der Waals surface area contributed by atoms with Gasteiger partial charge >= 0.3 is 6.09 Å². The fraction of sp³-hybridized carbons (Fsp3) is 0.562. The van der Waals surface area contributed by atoms with Gasteiger partial charge in [-0.15, -0.1) is 12.4 Å². The summed E-state index contributed by atoms with van der Waals surface area (Å²) < 4.78 is 5.43. The molecule has 23 heavy (non-hydrogen) atoms. The highest BCUT2D eigenvalue weighted by atomic mass is 35.5. The Balaban J connectivity index is 0.00000264. The lowest BCUT2D eigenvalue weighted by molar-refractivity contribution is 0.193. The van der Waals surface area contributed by atoms with Gasteiger partial charge in [-0.05, 0) is 31.5 Å². The molecule has 7 heteroatoms. The van der Waals surface area contributed by atoms with Crippen LogP contribution in [-0.2, 0) is 0 Å². The van der Waals surface area contributed by atoms with Crippen LogP contribution in [0.4, 0.5) is 10.5 Å². The van der Waals surface area contributed by atoms with Crippen molar-refractivity contribution in [3.8, 4) is 5.75 Å². The van der Waals surface area contributed by atoms with Crippen LogP contribution in [0, 0.1) is 0 Å². The van der Waals surface area contributed by atoms with Crippen LogP contribution in [-0.4, -0.2) is 62.5 Å². The van der Waals surface area contributed by atoms with Crippen molar-refractivity contribution < 1.29 is 14.6 Å². The number of hydrogen-bond acceptors (Lipinski definition) is 4. The fourth-order valence-corrected chi connectivity index (χ4v) is 2.76. The first-order chi connectivity index (χ1) is 10.7. The number of carboxylic acid groups (broad SMARTS) is 1. The van der Waals surface area contributed by atoms with Crippen molar-refractivity contribution in [2.45, 2.75) is 12.8 Å². The monoisotopic (exact) mass is 343 g/mol. The van der Waals surface area contributed by atoms with E-state index in [1.807, 2.05) is 18.2 Å². The number of nitrogens with one attached hydrogen (secondary N) is 1. The van der Waals surface area contributed by atoms with Crippen LogP contribution in [0.5, 0.6) is 5.75 Å². The molecule has 1 aromatic carbocycles. The Kier molecular flexibility index (Phi) is 8.58. The molecule has 6 nitrogen and oxygen atoms in total. The van der Waals surface area contributed by atoms with Gasteiger partial charge in [0.25, 0.3) is 0 Å². The third-order valence-electron chi connectivity index (χ3n) is 3.98. The van der Waals surface area contributed by atoms with Gasteiger partial charge in [0.15, 0.2) is 0 Å². The zero-order valence-corrected chi connectivity index (χ0v) is 14.3. The van der Waals surface area contributed by atoms with Crippen molar-refractivity contribution in [3.05, 3.63) is 24.3 Å². The molecule has 2 rings (SSSR count). The number of benzene rings is 1.